The molecular formula is C10H15N3O. The predicted octanol–water partition coefficient (Wildman–Crippen LogP) is 0.706. The molecular weight excluding hydrogens is 178 g/mol. The van der Waals surface area contributed by atoms with Gasteiger partial charge >= 0.3 is 0 Å². The number of rotatable bonds is 4. The van der Waals surface area contributed by atoms with Gasteiger partial charge in [-0.25, -0.2) is 4.98 Å². The molecule has 76 valence electrons. The Balaban J connectivity index is 1.60. The maximum atomic E-state index is 5.11. The molecule has 1 aromatic heterocycles. The standard InChI is InChI=1S/C10H15N3O/c1-2-9(1)13-7-11-3-10(13)4-12-8-5-14-6-8/h3,7-9,12H,1-2,4-6H2. The molecule has 14 heavy (non-hydrogen) atoms. The highest BCUT2D eigenvalue weighted by Crippen LogP contribution is 2.35. The zero-order valence-corrected chi connectivity index (χ0v) is 8.15. The molecule has 1 aliphatic carbocycles. The first kappa shape index (κ1) is 8.44. The summed E-state index contributed by atoms with van der Waals surface area (Å²) in [5.74, 6) is 0. The van der Waals surface area contributed by atoms with Gasteiger partial charge in [0.2, 0.25) is 0 Å². The molecule has 1 aliphatic heterocycles. The average molecular weight is 193 g/mol. The van der Waals surface area contributed by atoms with Crippen molar-refractivity contribution < 1.29 is 4.74 Å². The molecule has 1 aromatic rings. The third-order valence-electron chi connectivity index (χ3n) is 2.90. The molecule has 2 fully saturated rings. The Bertz CT molecular complexity index is 315. The fourth-order valence-corrected chi connectivity index (χ4v) is 1.75. The first-order chi connectivity index (χ1) is 6.93. The van der Waals surface area contributed by atoms with Crippen LogP contribution in [0.5, 0.6) is 0 Å². The maximum absolute atomic E-state index is 5.11. The van der Waals surface area contributed by atoms with E-state index >= 15 is 0 Å². The highest BCUT2D eigenvalue weighted by molar-refractivity contribution is 5.03. The maximum Gasteiger partial charge on any atom is 0.0951 e. The zero-order valence-electron chi connectivity index (χ0n) is 8.15. The van der Waals surface area contributed by atoms with Crippen LogP contribution in [0.1, 0.15) is 24.6 Å². The van der Waals surface area contributed by atoms with E-state index in [1.807, 2.05) is 12.5 Å². The van der Waals surface area contributed by atoms with Gasteiger partial charge in [-0.05, 0) is 12.8 Å². The largest absolute Gasteiger partial charge is 0.378 e. The monoisotopic (exact) mass is 193 g/mol. The first-order valence-electron chi connectivity index (χ1n) is 5.25. The van der Waals surface area contributed by atoms with Gasteiger partial charge in [0.15, 0.2) is 0 Å². The third kappa shape index (κ3) is 1.55. The van der Waals surface area contributed by atoms with Crippen LogP contribution in [0.4, 0.5) is 0 Å². The van der Waals surface area contributed by atoms with E-state index in [1.165, 1.54) is 18.5 Å². The molecule has 4 nitrogen and oxygen atoms in total. The lowest BCUT2D eigenvalue weighted by atomic mass is 10.2. The Morgan fingerprint density at radius 2 is 2.36 bits per heavy atom. The zero-order chi connectivity index (χ0) is 9.38. The van der Waals surface area contributed by atoms with Gasteiger partial charge in [-0.1, -0.05) is 0 Å². The molecule has 2 heterocycles. The topological polar surface area (TPSA) is 39.1 Å². The smallest absolute Gasteiger partial charge is 0.0951 e. The van der Waals surface area contributed by atoms with Crippen molar-refractivity contribution >= 4 is 0 Å². The fourth-order valence-electron chi connectivity index (χ4n) is 1.75. The van der Waals surface area contributed by atoms with Crippen molar-refractivity contribution in [1.29, 1.82) is 0 Å². The Kier molecular flexibility index (Phi) is 2.03. The molecule has 1 saturated carbocycles. The van der Waals surface area contributed by atoms with Crippen LogP contribution < -0.4 is 5.32 Å². The van der Waals surface area contributed by atoms with Crippen LogP contribution in [0.15, 0.2) is 12.5 Å². The molecule has 0 unspecified atom stereocenters. The number of nitrogens with zero attached hydrogens (tertiary/aromatic N) is 2. The Morgan fingerprint density at radius 1 is 1.50 bits per heavy atom. The molecule has 1 N–H and O–H groups in total. The molecule has 0 spiro atoms. The molecule has 1 saturated heterocycles. The average Bonchev–Trinajstić information content (AvgIpc) is 2.85. The Morgan fingerprint density at radius 3 is 3.00 bits per heavy atom. The minimum absolute atomic E-state index is 0.553. The second-order valence-electron chi connectivity index (χ2n) is 4.14. The van der Waals surface area contributed by atoms with Crippen LogP contribution in [0.3, 0.4) is 0 Å². The van der Waals surface area contributed by atoms with Crippen LogP contribution in [0, 0.1) is 0 Å². The Hall–Kier alpha value is -0.870. The van der Waals surface area contributed by atoms with Crippen molar-refractivity contribution in [3.63, 3.8) is 0 Å². The number of imidazole rings is 1. The summed E-state index contributed by atoms with van der Waals surface area (Å²) in [5, 5.41) is 3.46. The predicted molar refractivity (Wildman–Crippen MR) is 51.9 cm³/mol. The number of hydrogen-bond acceptors (Lipinski definition) is 3. The van der Waals surface area contributed by atoms with E-state index in [-0.39, 0.29) is 0 Å². The minimum Gasteiger partial charge on any atom is -0.378 e. The molecule has 0 atom stereocenters. The number of nitrogens with one attached hydrogen (secondary N) is 1. The van der Waals surface area contributed by atoms with Gasteiger partial charge in [0.25, 0.3) is 0 Å². The third-order valence-corrected chi connectivity index (χ3v) is 2.90. The van der Waals surface area contributed by atoms with E-state index in [1.54, 1.807) is 0 Å². The molecule has 0 radical (unpaired) electrons. The van der Waals surface area contributed by atoms with Crippen LogP contribution in [-0.2, 0) is 11.3 Å². The van der Waals surface area contributed by atoms with Gasteiger partial charge in [-0.15, -0.1) is 0 Å². The fraction of sp³-hybridized carbons (Fsp3) is 0.700. The van der Waals surface area contributed by atoms with Crippen LogP contribution in [0.2, 0.25) is 0 Å². The SMILES string of the molecule is c1ncn(C2CC2)c1CNC1COC1. The summed E-state index contributed by atoms with van der Waals surface area (Å²) in [4.78, 5) is 4.20. The number of aromatic nitrogens is 2. The lowest BCUT2D eigenvalue weighted by Crippen LogP contribution is -2.45. The summed E-state index contributed by atoms with van der Waals surface area (Å²) in [6.07, 6.45) is 6.54. The summed E-state index contributed by atoms with van der Waals surface area (Å²) in [7, 11) is 0. The number of hydrogen-bond donors (Lipinski definition) is 1. The molecule has 0 aromatic carbocycles. The van der Waals surface area contributed by atoms with Crippen molar-refractivity contribution in [3.05, 3.63) is 18.2 Å². The second kappa shape index (κ2) is 3.37. The van der Waals surface area contributed by atoms with Gasteiger partial charge in [-0.3, -0.25) is 0 Å². The Labute approximate surface area is 83.3 Å². The highest BCUT2D eigenvalue weighted by atomic mass is 16.5. The van der Waals surface area contributed by atoms with Crippen molar-refractivity contribution in [1.82, 2.24) is 14.9 Å². The van der Waals surface area contributed by atoms with Crippen molar-refractivity contribution in [2.24, 2.45) is 0 Å². The minimum atomic E-state index is 0.553. The molecule has 3 rings (SSSR count). The van der Waals surface area contributed by atoms with Crippen LogP contribution in [0.25, 0.3) is 0 Å². The second-order valence-corrected chi connectivity index (χ2v) is 4.14. The van der Waals surface area contributed by atoms with E-state index in [2.05, 4.69) is 14.9 Å². The van der Waals surface area contributed by atoms with Crippen LogP contribution in [-0.4, -0.2) is 28.8 Å². The summed E-state index contributed by atoms with van der Waals surface area (Å²) in [5.41, 5.74) is 1.31. The molecule has 2 aliphatic rings. The van der Waals surface area contributed by atoms with E-state index in [0.29, 0.717) is 6.04 Å². The number of ether oxygens (including phenoxy) is 1. The quantitative estimate of drug-likeness (QED) is 0.765. The normalized spacial score (nSPS) is 22.3. The molecule has 0 bridgehead atoms. The van der Waals surface area contributed by atoms with E-state index in [0.717, 1.165) is 25.8 Å². The van der Waals surface area contributed by atoms with Crippen molar-refractivity contribution in [2.45, 2.75) is 31.5 Å². The van der Waals surface area contributed by atoms with E-state index < -0.39 is 0 Å². The van der Waals surface area contributed by atoms with E-state index in [9.17, 15) is 0 Å². The van der Waals surface area contributed by atoms with Crippen LogP contribution >= 0.6 is 0 Å². The van der Waals surface area contributed by atoms with Gasteiger partial charge in [0.05, 0.1) is 31.3 Å². The van der Waals surface area contributed by atoms with Crippen molar-refractivity contribution in [2.75, 3.05) is 13.2 Å². The van der Waals surface area contributed by atoms with Crippen molar-refractivity contribution in [3.8, 4) is 0 Å². The van der Waals surface area contributed by atoms with Gasteiger partial charge < -0.3 is 14.6 Å². The summed E-state index contributed by atoms with van der Waals surface area (Å²) >= 11 is 0. The van der Waals surface area contributed by atoms with Gasteiger partial charge in [0, 0.05) is 18.8 Å². The summed E-state index contributed by atoms with van der Waals surface area (Å²) < 4.78 is 7.41. The summed E-state index contributed by atoms with van der Waals surface area (Å²) in [6.45, 7) is 2.64. The summed E-state index contributed by atoms with van der Waals surface area (Å²) in [6, 6.07) is 1.28. The first-order valence-corrected chi connectivity index (χ1v) is 5.25. The molecule has 0 amide bonds. The lowest BCUT2D eigenvalue weighted by Gasteiger charge is -2.27. The van der Waals surface area contributed by atoms with E-state index in [4.69, 9.17) is 4.74 Å². The highest BCUT2D eigenvalue weighted by Gasteiger charge is 2.25. The lowest BCUT2D eigenvalue weighted by molar-refractivity contribution is -0.00601. The van der Waals surface area contributed by atoms with Gasteiger partial charge in [-0.2, -0.15) is 0 Å². The molecule has 4 heteroatoms. The van der Waals surface area contributed by atoms with Gasteiger partial charge in [0.1, 0.15) is 0 Å².